The van der Waals surface area contributed by atoms with Crippen molar-refractivity contribution < 1.29 is 29.6 Å². The number of aliphatic hydroxyl groups is 1. The molecule has 1 aromatic carbocycles. The number of aliphatic hydroxyl groups excluding tert-OH is 1. The Morgan fingerprint density at radius 1 is 1.44 bits per heavy atom. The highest BCUT2D eigenvalue weighted by Crippen LogP contribution is 2.23. The summed E-state index contributed by atoms with van der Waals surface area (Å²) in [7, 11) is 1.41. The van der Waals surface area contributed by atoms with Crippen molar-refractivity contribution in [2.75, 3.05) is 13.7 Å². The van der Waals surface area contributed by atoms with Crippen LogP contribution in [0.25, 0.3) is 0 Å². The zero-order chi connectivity index (χ0) is 13.7. The number of aromatic hydroxyl groups is 1. The van der Waals surface area contributed by atoms with E-state index in [1.54, 1.807) is 0 Å². The van der Waals surface area contributed by atoms with Gasteiger partial charge in [-0.2, -0.15) is 0 Å². The van der Waals surface area contributed by atoms with Crippen LogP contribution >= 0.6 is 0 Å². The van der Waals surface area contributed by atoms with Gasteiger partial charge >= 0.3 is 5.97 Å². The third-order valence-electron chi connectivity index (χ3n) is 2.19. The molecule has 7 heteroatoms. The number of carbonyl (C=O) groups is 2. The molecule has 0 fully saturated rings. The molecular weight excluding hydrogens is 242 g/mol. The molecule has 0 saturated carbocycles. The van der Waals surface area contributed by atoms with Crippen molar-refractivity contribution in [3.8, 4) is 11.5 Å². The number of phenols is 1. The van der Waals surface area contributed by atoms with Crippen LogP contribution in [-0.2, 0) is 4.79 Å². The number of nitrogens with one attached hydrogen (secondary N) is 1. The van der Waals surface area contributed by atoms with Gasteiger partial charge in [-0.25, -0.2) is 4.79 Å². The van der Waals surface area contributed by atoms with Gasteiger partial charge in [0.25, 0.3) is 5.91 Å². The van der Waals surface area contributed by atoms with Gasteiger partial charge in [-0.3, -0.25) is 4.79 Å². The highest BCUT2D eigenvalue weighted by atomic mass is 16.5. The maximum absolute atomic E-state index is 11.6. The fraction of sp³-hybridized carbons (Fsp3) is 0.273. The van der Waals surface area contributed by atoms with Gasteiger partial charge in [0.2, 0.25) is 0 Å². The first-order valence-electron chi connectivity index (χ1n) is 5.01. The fourth-order valence-electron chi connectivity index (χ4n) is 1.20. The molecule has 18 heavy (non-hydrogen) atoms. The van der Waals surface area contributed by atoms with Crippen molar-refractivity contribution in [3.63, 3.8) is 0 Å². The normalized spacial score (nSPS) is 11.7. The lowest BCUT2D eigenvalue weighted by Crippen LogP contribution is -2.36. The van der Waals surface area contributed by atoms with Crippen LogP contribution in [0.2, 0.25) is 0 Å². The molecule has 0 heterocycles. The highest BCUT2D eigenvalue weighted by Gasteiger charge is 2.16. The van der Waals surface area contributed by atoms with Crippen molar-refractivity contribution in [3.05, 3.63) is 23.8 Å². The molecule has 0 aromatic heterocycles. The van der Waals surface area contributed by atoms with Crippen LogP contribution < -0.4 is 10.1 Å². The number of phenolic OH excluding ortho intramolecular Hbond substituents is 1. The first-order chi connectivity index (χ1) is 8.45. The maximum atomic E-state index is 11.6. The molecule has 98 valence electrons. The van der Waals surface area contributed by atoms with Crippen LogP contribution in [0.3, 0.4) is 0 Å². The number of hydrogen-bond donors (Lipinski definition) is 4. The molecule has 0 unspecified atom stereocenters. The van der Waals surface area contributed by atoms with E-state index >= 15 is 0 Å². The minimum Gasteiger partial charge on any atom is -0.507 e. The molecule has 7 nitrogen and oxygen atoms in total. The minimum atomic E-state index is -1.69. The summed E-state index contributed by atoms with van der Waals surface area (Å²) in [5.74, 6) is -2.03. The minimum absolute atomic E-state index is 0.0339. The average Bonchev–Trinajstić information content (AvgIpc) is 2.34. The number of methoxy groups -OCH3 is 1. The first-order valence-corrected chi connectivity index (χ1v) is 5.01. The Balaban J connectivity index is 2.70. The number of rotatable bonds is 5. The SMILES string of the molecule is COc1ccc(C(=O)NC[C@H](O)C(=O)O)c(O)c1. The summed E-state index contributed by atoms with van der Waals surface area (Å²) in [6.45, 7) is -0.445. The Bertz CT molecular complexity index is 459. The van der Waals surface area contributed by atoms with Crippen molar-refractivity contribution >= 4 is 11.9 Å². The number of hydrogen-bond acceptors (Lipinski definition) is 5. The summed E-state index contributed by atoms with van der Waals surface area (Å²) in [5, 5.41) is 29.1. The Labute approximate surface area is 103 Å². The van der Waals surface area contributed by atoms with Crippen LogP contribution in [0.15, 0.2) is 18.2 Å². The highest BCUT2D eigenvalue weighted by molar-refractivity contribution is 5.97. The number of benzene rings is 1. The monoisotopic (exact) mass is 255 g/mol. The van der Waals surface area contributed by atoms with Gasteiger partial charge in [-0.05, 0) is 12.1 Å². The Kier molecular flexibility index (Phi) is 4.50. The third kappa shape index (κ3) is 3.36. The Morgan fingerprint density at radius 2 is 2.11 bits per heavy atom. The number of carboxylic acid groups (broad SMARTS) is 1. The Morgan fingerprint density at radius 3 is 2.61 bits per heavy atom. The van der Waals surface area contributed by atoms with E-state index in [-0.39, 0.29) is 11.3 Å². The topological polar surface area (TPSA) is 116 Å². The van der Waals surface area contributed by atoms with Crippen LogP contribution in [0, 0.1) is 0 Å². The quantitative estimate of drug-likeness (QED) is 0.567. The van der Waals surface area contributed by atoms with Crippen molar-refractivity contribution in [2.24, 2.45) is 0 Å². The number of amides is 1. The van der Waals surface area contributed by atoms with Gasteiger partial charge in [-0.15, -0.1) is 0 Å². The van der Waals surface area contributed by atoms with E-state index in [9.17, 15) is 14.7 Å². The molecular formula is C11H13NO6. The van der Waals surface area contributed by atoms with E-state index < -0.39 is 24.5 Å². The molecule has 1 aromatic rings. The summed E-state index contributed by atoms with van der Waals surface area (Å²) >= 11 is 0. The predicted octanol–water partition coefficient (Wildman–Crippen LogP) is -0.424. The molecule has 1 atom stereocenters. The molecule has 0 spiro atoms. The third-order valence-corrected chi connectivity index (χ3v) is 2.19. The van der Waals surface area contributed by atoms with Crippen LogP contribution in [0.4, 0.5) is 0 Å². The zero-order valence-corrected chi connectivity index (χ0v) is 9.58. The number of carboxylic acids is 1. The lowest BCUT2D eigenvalue weighted by Gasteiger charge is -2.09. The Hall–Kier alpha value is -2.28. The van der Waals surface area contributed by atoms with E-state index in [4.69, 9.17) is 14.9 Å². The molecule has 0 aliphatic rings. The summed E-state index contributed by atoms with van der Waals surface area (Å²) in [5.41, 5.74) is -0.0339. The van der Waals surface area contributed by atoms with Crippen molar-refractivity contribution in [1.82, 2.24) is 5.32 Å². The molecule has 0 saturated heterocycles. The molecule has 0 aliphatic carbocycles. The second-order valence-electron chi connectivity index (χ2n) is 3.45. The molecule has 0 bridgehead atoms. The van der Waals surface area contributed by atoms with Crippen molar-refractivity contribution in [1.29, 1.82) is 0 Å². The second kappa shape index (κ2) is 5.87. The molecule has 0 radical (unpaired) electrons. The summed E-state index contributed by atoms with van der Waals surface area (Å²) in [4.78, 5) is 21.9. The van der Waals surface area contributed by atoms with E-state index in [0.29, 0.717) is 5.75 Å². The molecule has 1 rings (SSSR count). The smallest absolute Gasteiger partial charge is 0.334 e. The van der Waals surface area contributed by atoms with Crippen molar-refractivity contribution in [2.45, 2.75) is 6.10 Å². The zero-order valence-electron chi connectivity index (χ0n) is 9.58. The molecule has 1 amide bonds. The lowest BCUT2D eigenvalue weighted by molar-refractivity contribution is -0.146. The van der Waals surface area contributed by atoms with Crippen LogP contribution in [-0.4, -0.2) is 47.0 Å². The standard InChI is InChI=1S/C11H13NO6/c1-18-6-2-3-7(8(13)4-6)10(15)12-5-9(14)11(16)17/h2-4,9,13-14H,5H2,1H3,(H,12,15)(H,16,17)/t9-/m0/s1. The van der Waals surface area contributed by atoms with Gasteiger partial charge < -0.3 is 25.4 Å². The molecule has 4 N–H and O–H groups in total. The molecule has 0 aliphatic heterocycles. The van der Waals surface area contributed by atoms with Gasteiger partial charge in [0.1, 0.15) is 11.5 Å². The van der Waals surface area contributed by atoms with Crippen LogP contribution in [0.5, 0.6) is 11.5 Å². The van der Waals surface area contributed by atoms with Gasteiger partial charge in [0.05, 0.1) is 19.2 Å². The van der Waals surface area contributed by atoms with E-state index in [0.717, 1.165) is 0 Å². The van der Waals surface area contributed by atoms with Gasteiger partial charge in [-0.1, -0.05) is 0 Å². The van der Waals surface area contributed by atoms with Gasteiger partial charge in [0.15, 0.2) is 6.10 Å². The summed E-state index contributed by atoms with van der Waals surface area (Å²) in [6.07, 6.45) is -1.69. The maximum Gasteiger partial charge on any atom is 0.334 e. The first kappa shape index (κ1) is 13.8. The predicted molar refractivity (Wildman–Crippen MR) is 60.6 cm³/mol. The fourth-order valence-corrected chi connectivity index (χ4v) is 1.20. The number of ether oxygens (including phenoxy) is 1. The summed E-state index contributed by atoms with van der Waals surface area (Å²) < 4.78 is 4.85. The second-order valence-corrected chi connectivity index (χ2v) is 3.45. The van der Waals surface area contributed by atoms with E-state index in [1.165, 1.54) is 25.3 Å². The van der Waals surface area contributed by atoms with E-state index in [1.807, 2.05) is 0 Å². The summed E-state index contributed by atoms with van der Waals surface area (Å²) in [6, 6.07) is 4.06. The largest absolute Gasteiger partial charge is 0.507 e. The van der Waals surface area contributed by atoms with E-state index in [2.05, 4.69) is 5.32 Å². The van der Waals surface area contributed by atoms with Gasteiger partial charge in [0, 0.05) is 6.07 Å². The average molecular weight is 255 g/mol. The lowest BCUT2D eigenvalue weighted by atomic mass is 10.1. The van der Waals surface area contributed by atoms with Crippen LogP contribution in [0.1, 0.15) is 10.4 Å². The number of aliphatic carboxylic acids is 1. The number of carbonyl (C=O) groups excluding carboxylic acids is 1.